The van der Waals surface area contributed by atoms with Crippen molar-refractivity contribution in [3.63, 3.8) is 0 Å². The molecule has 0 spiro atoms. The molecular weight excluding hydrogens is 252 g/mol. The van der Waals surface area contributed by atoms with Gasteiger partial charge in [-0.2, -0.15) is 4.58 Å². The maximum atomic E-state index is 12.5. The van der Waals surface area contributed by atoms with E-state index < -0.39 is 6.04 Å². The van der Waals surface area contributed by atoms with Crippen molar-refractivity contribution in [1.82, 2.24) is 9.55 Å². The fraction of sp³-hybridized carbons (Fsp3) is 0.667. The molecule has 0 radical (unpaired) electrons. The molecule has 0 aliphatic heterocycles. The van der Waals surface area contributed by atoms with Gasteiger partial charge in [0.25, 0.3) is 0 Å². The lowest BCUT2D eigenvalue weighted by Gasteiger charge is -2.17. The second-order valence-electron chi connectivity index (χ2n) is 6.61. The van der Waals surface area contributed by atoms with Crippen molar-refractivity contribution >= 4 is 11.6 Å². The summed E-state index contributed by atoms with van der Waals surface area (Å²) >= 11 is 0. The molecule has 112 valence electrons. The quantitative estimate of drug-likeness (QED) is 0.658. The molecule has 1 atom stereocenters. The molecule has 1 heterocycles. The van der Waals surface area contributed by atoms with E-state index in [1.807, 2.05) is 24.6 Å². The number of hydrogen-bond acceptors (Lipinski definition) is 3. The Morgan fingerprint density at radius 1 is 1.40 bits per heavy atom. The molecule has 0 saturated carbocycles. The standard InChI is InChI=1S/C15H27N4O/c1-12(2)19(8-6-15(3,4)5)14(20)13(16)10-18-9-7-17-11-18/h7,9,11,13H,6,8,10,16H2,1-5H3/q+1. The van der Waals surface area contributed by atoms with E-state index in [0.29, 0.717) is 13.1 Å². The summed E-state index contributed by atoms with van der Waals surface area (Å²) in [6.45, 7) is 11.6. The van der Waals surface area contributed by atoms with E-state index in [1.54, 1.807) is 17.1 Å². The highest BCUT2D eigenvalue weighted by Gasteiger charge is 2.28. The average Bonchev–Trinajstić information content (AvgIpc) is 2.79. The van der Waals surface area contributed by atoms with Crippen LogP contribution in [0.2, 0.25) is 0 Å². The molecule has 0 bridgehead atoms. The van der Waals surface area contributed by atoms with E-state index in [4.69, 9.17) is 5.73 Å². The third-order valence-corrected chi connectivity index (χ3v) is 3.18. The largest absolute Gasteiger partial charge is 0.405 e. The summed E-state index contributed by atoms with van der Waals surface area (Å²) in [7, 11) is 0. The maximum absolute atomic E-state index is 12.5. The van der Waals surface area contributed by atoms with Crippen LogP contribution in [-0.4, -0.2) is 38.3 Å². The van der Waals surface area contributed by atoms with Crippen LogP contribution in [0.4, 0.5) is 0 Å². The summed E-state index contributed by atoms with van der Waals surface area (Å²) in [4.78, 5) is 16.4. The average molecular weight is 279 g/mol. The second-order valence-corrected chi connectivity index (χ2v) is 6.61. The van der Waals surface area contributed by atoms with Crippen LogP contribution in [0.15, 0.2) is 18.7 Å². The Morgan fingerprint density at radius 2 is 2.05 bits per heavy atom. The first kappa shape index (κ1) is 16.6. The summed E-state index contributed by atoms with van der Waals surface area (Å²) in [5.41, 5.74) is 7.22. The van der Waals surface area contributed by atoms with Crippen LogP contribution in [0.3, 0.4) is 0 Å². The summed E-state index contributed by atoms with van der Waals surface area (Å²) in [5.74, 6) is -0.0250. The van der Waals surface area contributed by atoms with Crippen molar-refractivity contribution in [2.24, 2.45) is 11.1 Å². The van der Waals surface area contributed by atoms with Crippen molar-refractivity contribution in [1.29, 1.82) is 0 Å². The van der Waals surface area contributed by atoms with Gasteiger partial charge in [-0.1, -0.05) is 20.8 Å². The van der Waals surface area contributed by atoms with Gasteiger partial charge in [-0.05, 0) is 5.41 Å². The smallest absolute Gasteiger partial charge is 0.335 e. The molecule has 1 aromatic rings. The van der Waals surface area contributed by atoms with Gasteiger partial charge in [0.05, 0.1) is 12.9 Å². The van der Waals surface area contributed by atoms with Crippen LogP contribution < -0.4 is 5.73 Å². The zero-order valence-electron chi connectivity index (χ0n) is 13.3. The first-order chi connectivity index (χ1) is 9.20. The molecule has 20 heavy (non-hydrogen) atoms. The molecule has 0 aromatic carbocycles. The Labute approximate surface area is 121 Å². The summed E-state index contributed by atoms with van der Waals surface area (Å²) in [6.07, 6.45) is 6.12. The van der Waals surface area contributed by atoms with Crippen molar-refractivity contribution in [3.8, 4) is 0 Å². The summed E-state index contributed by atoms with van der Waals surface area (Å²) in [6, 6.07) is -0.543. The predicted octanol–water partition coefficient (Wildman–Crippen LogP) is 1.67. The van der Waals surface area contributed by atoms with E-state index in [2.05, 4.69) is 25.8 Å². The molecule has 5 nitrogen and oxygen atoms in total. The number of aromatic nitrogens is 2. The maximum Gasteiger partial charge on any atom is 0.405 e. The zero-order chi connectivity index (χ0) is 15.3. The number of carbonyl (C=O) groups excluding carboxylic acids is 1. The number of hydrogen-bond donors (Lipinski definition) is 1. The lowest BCUT2D eigenvalue weighted by molar-refractivity contribution is -0.454. The third-order valence-electron chi connectivity index (χ3n) is 3.18. The Bertz CT molecular complexity index is 465. The molecule has 2 N–H and O–H groups in total. The van der Waals surface area contributed by atoms with Crippen LogP contribution in [0.25, 0.3) is 0 Å². The van der Waals surface area contributed by atoms with E-state index in [9.17, 15) is 4.79 Å². The molecule has 1 unspecified atom stereocenters. The minimum absolute atomic E-state index is 0.0250. The minimum atomic E-state index is -0.543. The number of nitrogens with two attached hydrogens (primary N) is 1. The lowest BCUT2D eigenvalue weighted by Crippen LogP contribution is -2.43. The zero-order valence-corrected chi connectivity index (χ0v) is 13.3. The van der Waals surface area contributed by atoms with E-state index in [-0.39, 0.29) is 11.3 Å². The third kappa shape index (κ3) is 5.25. The first-order valence-corrected chi connectivity index (χ1v) is 7.03. The Hall–Kier alpha value is -1.49. The number of amides is 1. The van der Waals surface area contributed by atoms with Crippen LogP contribution in [0.5, 0.6) is 0 Å². The molecule has 0 saturated heterocycles. The number of carbonyl (C=O) groups is 1. The van der Waals surface area contributed by atoms with E-state index in [0.717, 1.165) is 12.1 Å². The predicted molar refractivity (Wildman–Crippen MR) is 80.8 cm³/mol. The lowest BCUT2D eigenvalue weighted by atomic mass is 9.92. The SMILES string of the molecule is CC(C)=[N+](CCC(C)(C)C)C(=O)C(N)Cn1ccnc1. The fourth-order valence-corrected chi connectivity index (χ4v) is 1.90. The molecule has 1 aromatic heterocycles. The van der Waals surface area contributed by atoms with Crippen LogP contribution in [0, 0.1) is 5.41 Å². The summed E-state index contributed by atoms with van der Waals surface area (Å²) < 4.78 is 3.63. The minimum Gasteiger partial charge on any atom is -0.335 e. The Kier molecular flexibility index (Phi) is 5.62. The normalized spacial score (nSPS) is 13.1. The topological polar surface area (TPSA) is 63.9 Å². The van der Waals surface area contributed by atoms with Crippen molar-refractivity contribution in [3.05, 3.63) is 18.7 Å². The highest BCUT2D eigenvalue weighted by molar-refractivity contribution is 5.84. The fourth-order valence-electron chi connectivity index (χ4n) is 1.90. The van der Waals surface area contributed by atoms with Crippen LogP contribution in [0.1, 0.15) is 41.0 Å². The van der Waals surface area contributed by atoms with Gasteiger partial charge in [0.1, 0.15) is 0 Å². The highest BCUT2D eigenvalue weighted by atomic mass is 16.2. The highest BCUT2D eigenvalue weighted by Crippen LogP contribution is 2.18. The van der Waals surface area contributed by atoms with Gasteiger partial charge < -0.3 is 10.3 Å². The van der Waals surface area contributed by atoms with Crippen molar-refractivity contribution in [2.45, 2.75) is 53.6 Å². The van der Waals surface area contributed by atoms with E-state index >= 15 is 0 Å². The molecule has 1 rings (SSSR count). The van der Waals surface area contributed by atoms with Gasteiger partial charge >= 0.3 is 5.91 Å². The molecule has 0 aliphatic carbocycles. The summed E-state index contributed by atoms with van der Waals surface area (Å²) in [5, 5.41) is 0. The molecule has 1 amide bonds. The second kappa shape index (κ2) is 6.79. The Morgan fingerprint density at radius 3 is 2.50 bits per heavy atom. The number of imidazole rings is 1. The van der Waals surface area contributed by atoms with Gasteiger partial charge in [-0.15, -0.1) is 0 Å². The van der Waals surface area contributed by atoms with Gasteiger partial charge in [-0.3, -0.25) is 0 Å². The molecule has 0 fully saturated rings. The van der Waals surface area contributed by atoms with Gasteiger partial charge in [0.2, 0.25) is 0 Å². The Balaban J connectivity index is 2.72. The van der Waals surface area contributed by atoms with Gasteiger partial charge in [-0.25, -0.2) is 9.78 Å². The van der Waals surface area contributed by atoms with E-state index in [1.165, 1.54) is 0 Å². The van der Waals surface area contributed by atoms with Gasteiger partial charge in [0.15, 0.2) is 18.3 Å². The molecule has 5 heteroatoms. The van der Waals surface area contributed by atoms with Crippen LogP contribution >= 0.6 is 0 Å². The first-order valence-electron chi connectivity index (χ1n) is 7.03. The number of nitrogens with zero attached hydrogens (tertiary/aromatic N) is 3. The van der Waals surface area contributed by atoms with Crippen molar-refractivity contribution in [2.75, 3.05) is 6.54 Å². The van der Waals surface area contributed by atoms with Crippen molar-refractivity contribution < 1.29 is 9.37 Å². The molecular formula is C15H27N4O+. The van der Waals surface area contributed by atoms with Crippen LogP contribution in [-0.2, 0) is 11.3 Å². The number of rotatable bonds is 5. The van der Waals surface area contributed by atoms with Gasteiger partial charge in [0, 0.05) is 32.7 Å². The monoisotopic (exact) mass is 279 g/mol. The molecule has 0 aliphatic rings.